The van der Waals surface area contributed by atoms with Crippen LogP contribution in [0.15, 0.2) is 18.2 Å². The Kier molecular flexibility index (Phi) is 5.89. The summed E-state index contributed by atoms with van der Waals surface area (Å²) in [5.74, 6) is -2.64. The molecule has 1 aliphatic carbocycles. The molecule has 2 rings (SSSR count). The number of nitrogens with one attached hydrogen (secondary N) is 1. The quantitative estimate of drug-likeness (QED) is 0.854. The zero-order chi connectivity index (χ0) is 17.7. The first kappa shape index (κ1) is 17.9. The van der Waals surface area contributed by atoms with E-state index in [4.69, 9.17) is 9.47 Å². The fourth-order valence-electron chi connectivity index (χ4n) is 2.80. The van der Waals surface area contributed by atoms with E-state index in [2.05, 4.69) is 5.32 Å². The molecule has 0 bridgehead atoms. The molecule has 7 heteroatoms. The Morgan fingerprint density at radius 1 is 1.21 bits per heavy atom. The van der Waals surface area contributed by atoms with Crippen molar-refractivity contribution in [1.29, 1.82) is 0 Å². The second-order valence-electron chi connectivity index (χ2n) is 5.73. The SMILES string of the molecule is COC(=O)[C@@H]1CCCC[C@@H]1OC(=O)c1ccc(F)c(NC(C)=O)c1. The van der Waals surface area contributed by atoms with Crippen molar-refractivity contribution in [2.75, 3.05) is 12.4 Å². The number of carbonyl (C=O) groups excluding carboxylic acids is 3. The molecule has 1 N–H and O–H groups in total. The third-order valence-electron chi connectivity index (χ3n) is 3.98. The van der Waals surface area contributed by atoms with Crippen molar-refractivity contribution in [2.24, 2.45) is 5.92 Å². The molecule has 1 saturated carbocycles. The molecular formula is C17H20FNO5. The number of benzene rings is 1. The van der Waals surface area contributed by atoms with Crippen LogP contribution in [-0.2, 0) is 19.1 Å². The highest BCUT2D eigenvalue weighted by molar-refractivity contribution is 5.94. The maximum absolute atomic E-state index is 13.6. The summed E-state index contributed by atoms with van der Waals surface area (Å²) in [6.07, 6.45) is 2.34. The molecular weight excluding hydrogens is 317 g/mol. The van der Waals surface area contributed by atoms with Gasteiger partial charge in [-0.2, -0.15) is 0 Å². The smallest absolute Gasteiger partial charge is 0.338 e. The maximum atomic E-state index is 13.6. The highest BCUT2D eigenvalue weighted by Crippen LogP contribution is 2.29. The van der Waals surface area contributed by atoms with Crippen LogP contribution in [0, 0.1) is 11.7 Å². The zero-order valence-electron chi connectivity index (χ0n) is 13.6. The number of amides is 1. The largest absolute Gasteiger partial charge is 0.469 e. The monoisotopic (exact) mass is 337 g/mol. The molecule has 1 aromatic rings. The van der Waals surface area contributed by atoms with E-state index in [9.17, 15) is 18.8 Å². The summed E-state index contributed by atoms with van der Waals surface area (Å²) >= 11 is 0. The molecule has 2 atom stereocenters. The zero-order valence-corrected chi connectivity index (χ0v) is 13.6. The topological polar surface area (TPSA) is 81.7 Å². The van der Waals surface area contributed by atoms with Crippen molar-refractivity contribution >= 4 is 23.5 Å². The van der Waals surface area contributed by atoms with E-state index in [-0.39, 0.29) is 11.3 Å². The van der Waals surface area contributed by atoms with Crippen LogP contribution < -0.4 is 5.32 Å². The lowest BCUT2D eigenvalue weighted by atomic mass is 9.86. The molecule has 0 unspecified atom stereocenters. The summed E-state index contributed by atoms with van der Waals surface area (Å²) in [4.78, 5) is 35.2. The van der Waals surface area contributed by atoms with Gasteiger partial charge in [0.1, 0.15) is 11.9 Å². The van der Waals surface area contributed by atoms with Crippen molar-refractivity contribution in [3.8, 4) is 0 Å². The first-order chi connectivity index (χ1) is 11.4. The summed E-state index contributed by atoms with van der Waals surface area (Å²) in [5, 5.41) is 2.31. The first-order valence-corrected chi connectivity index (χ1v) is 7.78. The Morgan fingerprint density at radius 3 is 2.58 bits per heavy atom. The predicted molar refractivity (Wildman–Crippen MR) is 83.9 cm³/mol. The van der Waals surface area contributed by atoms with Crippen LogP contribution in [-0.4, -0.2) is 31.1 Å². The van der Waals surface area contributed by atoms with Crippen LogP contribution in [0.4, 0.5) is 10.1 Å². The van der Waals surface area contributed by atoms with Crippen molar-refractivity contribution in [3.63, 3.8) is 0 Å². The molecule has 0 radical (unpaired) electrons. The summed E-state index contributed by atoms with van der Waals surface area (Å²) in [7, 11) is 1.30. The van der Waals surface area contributed by atoms with Crippen molar-refractivity contribution in [2.45, 2.75) is 38.7 Å². The van der Waals surface area contributed by atoms with E-state index in [0.29, 0.717) is 12.8 Å². The lowest BCUT2D eigenvalue weighted by Gasteiger charge is -2.29. The van der Waals surface area contributed by atoms with Gasteiger partial charge in [-0.15, -0.1) is 0 Å². The second kappa shape index (κ2) is 7.90. The number of esters is 2. The van der Waals surface area contributed by atoms with E-state index in [0.717, 1.165) is 18.9 Å². The molecule has 1 aromatic carbocycles. The summed E-state index contributed by atoms with van der Waals surface area (Å²) in [5.41, 5.74) is 0.0134. The Morgan fingerprint density at radius 2 is 1.92 bits per heavy atom. The number of ether oxygens (including phenoxy) is 2. The van der Waals surface area contributed by atoms with Gasteiger partial charge in [0.25, 0.3) is 0 Å². The molecule has 1 amide bonds. The number of halogens is 1. The number of rotatable bonds is 4. The van der Waals surface area contributed by atoms with Gasteiger partial charge >= 0.3 is 11.9 Å². The first-order valence-electron chi connectivity index (χ1n) is 7.78. The van der Waals surface area contributed by atoms with Crippen LogP contribution in [0.5, 0.6) is 0 Å². The van der Waals surface area contributed by atoms with Crippen LogP contribution in [0.25, 0.3) is 0 Å². The number of hydrogen-bond acceptors (Lipinski definition) is 5. The molecule has 6 nitrogen and oxygen atoms in total. The summed E-state index contributed by atoms with van der Waals surface area (Å²) < 4.78 is 23.8. The minimum absolute atomic E-state index is 0.0925. The normalized spacial score (nSPS) is 20.1. The van der Waals surface area contributed by atoms with Crippen molar-refractivity contribution in [1.82, 2.24) is 0 Å². The molecule has 0 aromatic heterocycles. The van der Waals surface area contributed by atoms with E-state index in [1.807, 2.05) is 0 Å². The van der Waals surface area contributed by atoms with Gasteiger partial charge < -0.3 is 14.8 Å². The summed E-state index contributed by atoms with van der Waals surface area (Å²) in [6, 6.07) is 3.58. The number of methoxy groups -OCH3 is 1. The van der Waals surface area contributed by atoms with Crippen molar-refractivity contribution < 1.29 is 28.2 Å². The van der Waals surface area contributed by atoms with Gasteiger partial charge in [-0.25, -0.2) is 9.18 Å². The third-order valence-corrected chi connectivity index (χ3v) is 3.98. The highest BCUT2D eigenvalue weighted by Gasteiger charge is 2.34. The van der Waals surface area contributed by atoms with Crippen LogP contribution in [0.2, 0.25) is 0 Å². The second-order valence-corrected chi connectivity index (χ2v) is 5.73. The fourth-order valence-corrected chi connectivity index (χ4v) is 2.80. The molecule has 0 aliphatic heterocycles. The third kappa shape index (κ3) is 4.31. The minimum Gasteiger partial charge on any atom is -0.469 e. The van der Waals surface area contributed by atoms with Gasteiger partial charge in [0, 0.05) is 6.92 Å². The lowest BCUT2D eigenvalue weighted by molar-refractivity contribution is -0.151. The van der Waals surface area contributed by atoms with Gasteiger partial charge in [-0.05, 0) is 37.5 Å². The molecule has 0 saturated heterocycles. The molecule has 130 valence electrons. The average molecular weight is 337 g/mol. The lowest BCUT2D eigenvalue weighted by Crippen LogP contribution is -2.36. The Labute approximate surface area is 139 Å². The fraction of sp³-hybridized carbons (Fsp3) is 0.471. The molecule has 0 spiro atoms. The molecule has 1 fully saturated rings. The van der Waals surface area contributed by atoms with E-state index in [1.165, 1.54) is 26.2 Å². The van der Waals surface area contributed by atoms with Crippen molar-refractivity contribution in [3.05, 3.63) is 29.6 Å². The summed E-state index contributed by atoms with van der Waals surface area (Å²) in [6.45, 7) is 1.24. The van der Waals surface area contributed by atoms with E-state index < -0.39 is 35.7 Å². The number of hydrogen-bond donors (Lipinski definition) is 1. The maximum Gasteiger partial charge on any atom is 0.338 e. The van der Waals surface area contributed by atoms with Crippen LogP contribution in [0.1, 0.15) is 43.0 Å². The Bertz CT molecular complexity index is 646. The van der Waals surface area contributed by atoms with Gasteiger partial charge in [-0.1, -0.05) is 6.42 Å². The standard InChI is InChI=1S/C17H20FNO5/c1-10(20)19-14-9-11(7-8-13(14)18)16(21)24-15-6-4-3-5-12(15)17(22)23-2/h7-9,12,15H,3-6H2,1-2H3,(H,19,20)/t12-,15+/m1/s1. The van der Waals surface area contributed by atoms with Gasteiger partial charge in [0.2, 0.25) is 5.91 Å². The molecule has 24 heavy (non-hydrogen) atoms. The number of carbonyl (C=O) groups is 3. The average Bonchev–Trinajstić information content (AvgIpc) is 2.56. The minimum atomic E-state index is -0.664. The highest BCUT2D eigenvalue weighted by atomic mass is 19.1. The van der Waals surface area contributed by atoms with E-state index >= 15 is 0 Å². The Hall–Kier alpha value is -2.44. The molecule has 1 aliphatic rings. The number of anilines is 1. The van der Waals surface area contributed by atoms with Crippen LogP contribution in [0.3, 0.4) is 0 Å². The van der Waals surface area contributed by atoms with Crippen LogP contribution >= 0.6 is 0 Å². The predicted octanol–water partition coefficient (Wildman–Crippen LogP) is 2.67. The van der Waals surface area contributed by atoms with Gasteiger partial charge in [-0.3, -0.25) is 9.59 Å². The Balaban J connectivity index is 2.13. The van der Waals surface area contributed by atoms with Gasteiger partial charge in [0.05, 0.1) is 24.3 Å². The van der Waals surface area contributed by atoms with E-state index in [1.54, 1.807) is 0 Å². The molecule has 0 heterocycles. The van der Waals surface area contributed by atoms with Gasteiger partial charge in [0.15, 0.2) is 0 Å².